The largest absolute Gasteiger partial charge is 0.490 e. The van der Waals surface area contributed by atoms with E-state index in [1.54, 1.807) is 19.3 Å². The van der Waals surface area contributed by atoms with Crippen molar-refractivity contribution >= 4 is 46.3 Å². The van der Waals surface area contributed by atoms with E-state index >= 15 is 0 Å². The Labute approximate surface area is 201 Å². The lowest BCUT2D eigenvalue weighted by Crippen LogP contribution is -2.23. The van der Waals surface area contributed by atoms with Crippen molar-refractivity contribution in [1.29, 1.82) is 0 Å². The molecule has 2 aromatic carbocycles. The average molecular weight is 480 g/mol. The normalized spacial score (nSPS) is 16.0. The SMILES string of the molecule is CCOc1cc(/C=C2\S/C(=N/c3ccccn3)N(C)C2=O)ccc1OCc1ccc(Cl)cc1. The molecular weight excluding hydrogens is 458 g/mol. The summed E-state index contributed by atoms with van der Waals surface area (Å²) in [7, 11) is 1.71. The highest BCUT2D eigenvalue weighted by Crippen LogP contribution is 2.35. The van der Waals surface area contributed by atoms with Crippen LogP contribution in [0.2, 0.25) is 5.02 Å². The topological polar surface area (TPSA) is 64.0 Å². The maximum Gasteiger partial charge on any atom is 0.266 e. The van der Waals surface area contributed by atoms with Gasteiger partial charge in [-0.05, 0) is 72.3 Å². The van der Waals surface area contributed by atoms with Crippen LogP contribution in [0.5, 0.6) is 11.5 Å². The van der Waals surface area contributed by atoms with Crippen molar-refractivity contribution in [3.05, 3.63) is 87.9 Å². The molecule has 0 spiro atoms. The van der Waals surface area contributed by atoms with Gasteiger partial charge in [-0.15, -0.1) is 0 Å². The molecule has 0 unspecified atom stereocenters. The van der Waals surface area contributed by atoms with Gasteiger partial charge >= 0.3 is 0 Å². The summed E-state index contributed by atoms with van der Waals surface area (Å²) in [6.07, 6.45) is 3.50. The van der Waals surface area contributed by atoms with Gasteiger partial charge in [-0.2, -0.15) is 0 Å². The third-order valence-corrected chi connectivity index (χ3v) is 6.05. The summed E-state index contributed by atoms with van der Waals surface area (Å²) >= 11 is 7.26. The molecule has 1 aliphatic heterocycles. The van der Waals surface area contributed by atoms with Gasteiger partial charge in [-0.3, -0.25) is 9.69 Å². The maximum absolute atomic E-state index is 12.7. The van der Waals surface area contributed by atoms with Crippen LogP contribution in [0, 0.1) is 0 Å². The van der Waals surface area contributed by atoms with Crippen LogP contribution in [0.1, 0.15) is 18.1 Å². The van der Waals surface area contributed by atoms with Crippen molar-refractivity contribution in [2.45, 2.75) is 13.5 Å². The number of carbonyl (C=O) groups is 1. The molecule has 1 fully saturated rings. The number of nitrogens with zero attached hydrogens (tertiary/aromatic N) is 3. The van der Waals surface area contributed by atoms with E-state index in [2.05, 4.69) is 9.98 Å². The third-order valence-electron chi connectivity index (χ3n) is 4.74. The number of pyridine rings is 1. The number of hydrogen-bond donors (Lipinski definition) is 0. The summed E-state index contributed by atoms with van der Waals surface area (Å²) in [5.41, 5.74) is 1.84. The number of carbonyl (C=O) groups excluding carboxylic acids is 1. The van der Waals surface area contributed by atoms with E-state index in [1.165, 1.54) is 16.7 Å². The quantitative estimate of drug-likeness (QED) is 0.392. The number of rotatable bonds is 7. The fourth-order valence-corrected chi connectivity index (χ4v) is 4.17. The summed E-state index contributed by atoms with van der Waals surface area (Å²) in [4.78, 5) is 23.5. The minimum Gasteiger partial charge on any atom is -0.490 e. The van der Waals surface area contributed by atoms with E-state index in [0.717, 1.165) is 11.1 Å². The first-order valence-electron chi connectivity index (χ1n) is 10.3. The Morgan fingerprint density at radius 1 is 1.09 bits per heavy atom. The van der Waals surface area contributed by atoms with E-state index in [1.807, 2.05) is 67.6 Å². The second-order valence-electron chi connectivity index (χ2n) is 7.11. The predicted octanol–water partition coefficient (Wildman–Crippen LogP) is 5.95. The summed E-state index contributed by atoms with van der Waals surface area (Å²) in [6.45, 7) is 2.80. The Morgan fingerprint density at radius 3 is 2.64 bits per heavy atom. The van der Waals surface area contributed by atoms with Crippen molar-refractivity contribution in [3.8, 4) is 11.5 Å². The van der Waals surface area contributed by atoms with Gasteiger partial charge in [0.25, 0.3) is 5.91 Å². The molecule has 168 valence electrons. The molecule has 33 heavy (non-hydrogen) atoms. The Morgan fingerprint density at radius 2 is 1.91 bits per heavy atom. The van der Waals surface area contributed by atoms with Gasteiger partial charge in [-0.25, -0.2) is 9.98 Å². The molecule has 1 aliphatic rings. The van der Waals surface area contributed by atoms with Gasteiger partial charge in [0.15, 0.2) is 22.5 Å². The first-order valence-corrected chi connectivity index (χ1v) is 11.5. The zero-order valence-corrected chi connectivity index (χ0v) is 19.8. The van der Waals surface area contributed by atoms with Gasteiger partial charge in [0.2, 0.25) is 0 Å². The highest BCUT2D eigenvalue weighted by molar-refractivity contribution is 8.18. The summed E-state index contributed by atoms with van der Waals surface area (Å²) in [5, 5.41) is 1.27. The fraction of sp³-hybridized carbons (Fsp3) is 0.160. The van der Waals surface area contributed by atoms with E-state index in [0.29, 0.717) is 45.6 Å². The number of aliphatic imine (C=N–C) groups is 1. The van der Waals surface area contributed by atoms with Crippen LogP contribution >= 0.6 is 23.4 Å². The molecule has 0 N–H and O–H groups in total. The lowest BCUT2D eigenvalue weighted by atomic mass is 10.1. The lowest BCUT2D eigenvalue weighted by Gasteiger charge is -2.13. The second-order valence-corrected chi connectivity index (χ2v) is 8.56. The average Bonchev–Trinajstić information content (AvgIpc) is 3.08. The number of amidine groups is 1. The van der Waals surface area contributed by atoms with Crippen LogP contribution in [0.15, 0.2) is 76.8 Å². The van der Waals surface area contributed by atoms with Crippen LogP contribution in [-0.2, 0) is 11.4 Å². The molecule has 0 saturated carbocycles. The lowest BCUT2D eigenvalue weighted by molar-refractivity contribution is -0.121. The van der Waals surface area contributed by atoms with Crippen LogP contribution in [0.4, 0.5) is 5.82 Å². The molecule has 1 amide bonds. The van der Waals surface area contributed by atoms with Crippen LogP contribution in [0.25, 0.3) is 6.08 Å². The molecule has 0 bridgehead atoms. The van der Waals surface area contributed by atoms with Gasteiger partial charge in [0.05, 0.1) is 11.5 Å². The number of benzene rings is 2. The first-order chi connectivity index (χ1) is 16.0. The Kier molecular flexibility index (Phi) is 7.32. The molecule has 6 nitrogen and oxygen atoms in total. The van der Waals surface area contributed by atoms with E-state index in [4.69, 9.17) is 21.1 Å². The molecule has 2 heterocycles. The summed E-state index contributed by atoms with van der Waals surface area (Å²) in [6, 6.07) is 18.6. The van der Waals surface area contributed by atoms with Crippen molar-refractivity contribution in [2.75, 3.05) is 13.7 Å². The first kappa shape index (κ1) is 22.9. The maximum atomic E-state index is 12.7. The van der Waals surface area contributed by atoms with Crippen LogP contribution < -0.4 is 9.47 Å². The highest BCUT2D eigenvalue weighted by atomic mass is 35.5. The highest BCUT2D eigenvalue weighted by Gasteiger charge is 2.30. The van der Waals surface area contributed by atoms with Gasteiger partial charge in [-0.1, -0.05) is 35.9 Å². The number of ether oxygens (including phenoxy) is 2. The van der Waals surface area contributed by atoms with Crippen LogP contribution in [-0.4, -0.2) is 34.6 Å². The standard InChI is InChI=1S/C25H22ClN3O3S/c1-3-31-21-14-18(9-12-20(21)32-16-17-7-10-19(26)11-8-17)15-22-24(30)29(2)25(33-22)28-23-6-4-5-13-27-23/h4-15H,3,16H2,1-2H3/b22-15-,28-25+. The Bertz CT molecular complexity index is 1200. The Hall–Kier alpha value is -3.29. The summed E-state index contributed by atoms with van der Waals surface area (Å²) in [5.74, 6) is 1.69. The number of halogens is 1. The molecule has 4 rings (SSSR count). The molecule has 8 heteroatoms. The summed E-state index contributed by atoms with van der Waals surface area (Å²) < 4.78 is 11.8. The van der Waals surface area contributed by atoms with Crippen molar-refractivity contribution in [2.24, 2.45) is 4.99 Å². The fourth-order valence-electron chi connectivity index (χ4n) is 3.06. The minimum absolute atomic E-state index is 0.115. The third kappa shape index (κ3) is 5.74. The monoisotopic (exact) mass is 479 g/mol. The zero-order chi connectivity index (χ0) is 23.2. The van der Waals surface area contributed by atoms with Gasteiger partial charge in [0, 0.05) is 18.3 Å². The number of likely N-dealkylation sites (N-methyl/N-ethyl adjacent to an activating group) is 1. The van der Waals surface area contributed by atoms with E-state index in [9.17, 15) is 4.79 Å². The molecule has 1 saturated heterocycles. The predicted molar refractivity (Wildman–Crippen MR) is 133 cm³/mol. The molecule has 0 aliphatic carbocycles. The molecule has 0 atom stereocenters. The van der Waals surface area contributed by atoms with Gasteiger partial charge < -0.3 is 9.47 Å². The number of thioether (sulfide) groups is 1. The van der Waals surface area contributed by atoms with Crippen LogP contribution in [0.3, 0.4) is 0 Å². The number of amides is 1. The minimum atomic E-state index is -0.115. The van der Waals surface area contributed by atoms with E-state index < -0.39 is 0 Å². The number of aromatic nitrogens is 1. The zero-order valence-electron chi connectivity index (χ0n) is 18.2. The van der Waals surface area contributed by atoms with Gasteiger partial charge in [0.1, 0.15) is 6.61 Å². The molecule has 3 aromatic rings. The smallest absolute Gasteiger partial charge is 0.266 e. The Balaban J connectivity index is 1.53. The van der Waals surface area contributed by atoms with E-state index in [-0.39, 0.29) is 5.91 Å². The number of hydrogen-bond acceptors (Lipinski definition) is 6. The molecular formula is C25H22ClN3O3S. The molecule has 0 radical (unpaired) electrons. The van der Waals surface area contributed by atoms with Crippen molar-refractivity contribution in [3.63, 3.8) is 0 Å². The van der Waals surface area contributed by atoms with Crippen molar-refractivity contribution < 1.29 is 14.3 Å². The molecule has 1 aromatic heterocycles. The van der Waals surface area contributed by atoms with Crippen molar-refractivity contribution in [1.82, 2.24) is 9.88 Å². The second kappa shape index (κ2) is 10.6.